The molecule has 0 unspecified atom stereocenters. The van der Waals surface area contributed by atoms with Gasteiger partial charge in [0.2, 0.25) is 10.0 Å². The number of sulfonamides is 1. The summed E-state index contributed by atoms with van der Waals surface area (Å²) in [6.07, 6.45) is -1.26. The van der Waals surface area contributed by atoms with Crippen molar-refractivity contribution >= 4 is 35.8 Å². The van der Waals surface area contributed by atoms with Crippen molar-refractivity contribution in [1.82, 2.24) is 4.31 Å². The maximum atomic E-state index is 13.2. The Hall–Kier alpha value is -1.26. The molecule has 1 fully saturated rings. The van der Waals surface area contributed by atoms with Gasteiger partial charge in [0, 0.05) is 11.0 Å². The third-order valence-electron chi connectivity index (χ3n) is 4.26. The zero-order chi connectivity index (χ0) is 18.9. The highest BCUT2D eigenvalue weighted by Gasteiger charge is 2.44. The van der Waals surface area contributed by atoms with Crippen LogP contribution in [0.15, 0.2) is 64.0 Å². The summed E-state index contributed by atoms with van der Waals surface area (Å²) in [5.74, 6) is -0.824. The van der Waals surface area contributed by atoms with Crippen LogP contribution < -0.4 is 0 Å². The van der Waals surface area contributed by atoms with Crippen LogP contribution in [0.4, 0.5) is 0 Å². The Labute approximate surface area is 161 Å². The van der Waals surface area contributed by atoms with E-state index in [1.807, 2.05) is 6.07 Å². The highest BCUT2D eigenvalue weighted by atomic mass is 79.9. The van der Waals surface area contributed by atoms with Crippen molar-refractivity contribution in [2.75, 3.05) is 11.5 Å². The minimum absolute atomic E-state index is 0.0174. The summed E-state index contributed by atoms with van der Waals surface area (Å²) in [4.78, 5) is 0.0492. The average molecular weight is 460 g/mol. The van der Waals surface area contributed by atoms with Crippen LogP contribution in [0.25, 0.3) is 0 Å². The van der Waals surface area contributed by atoms with Crippen molar-refractivity contribution in [2.24, 2.45) is 0 Å². The number of aliphatic hydroxyl groups excluding tert-OH is 1. The Morgan fingerprint density at radius 1 is 1.04 bits per heavy atom. The SMILES string of the molecule is O=S1(=O)C[C@@H](N(Cc2ccccc2)S(=O)(=O)c2ccc(Br)cc2)[C@@H](O)C1. The molecule has 1 N–H and O–H groups in total. The summed E-state index contributed by atoms with van der Waals surface area (Å²) in [6, 6.07) is 14.0. The molecule has 2 aromatic carbocycles. The first-order valence-corrected chi connectivity index (χ1v) is 11.9. The van der Waals surface area contributed by atoms with E-state index >= 15 is 0 Å². The van der Waals surface area contributed by atoms with Crippen LogP contribution in [-0.4, -0.2) is 49.9 Å². The number of hydrogen-bond donors (Lipinski definition) is 1. The fourth-order valence-electron chi connectivity index (χ4n) is 2.97. The van der Waals surface area contributed by atoms with Gasteiger partial charge in [-0.25, -0.2) is 16.8 Å². The Bertz CT molecular complexity index is 976. The van der Waals surface area contributed by atoms with Crippen LogP contribution in [0.2, 0.25) is 0 Å². The molecule has 6 nitrogen and oxygen atoms in total. The summed E-state index contributed by atoms with van der Waals surface area (Å²) >= 11 is 3.27. The quantitative estimate of drug-likeness (QED) is 0.735. The molecule has 1 saturated heterocycles. The van der Waals surface area contributed by atoms with Crippen LogP contribution in [0.3, 0.4) is 0 Å². The van der Waals surface area contributed by atoms with Gasteiger partial charge in [-0.1, -0.05) is 46.3 Å². The molecule has 1 heterocycles. The van der Waals surface area contributed by atoms with Crippen LogP contribution in [-0.2, 0) is 26.4 Å². The lowest BCUT2D eigenvalue weighted by Crippen LogP contribution is -2.46. The van der Waals surface area contributed by atoms with Crippen LogP contribution in [0.5, 0.6) is 0 Å². The Morgan fingerprint density at radius 3 is 2.19 bits per heavy atom. The fraction of sp³-hybridized carbons (Fsp3) is 0.294. The second-order valence-electron chi connectivity index (χ2n) is 6.20. The Morgan fingerprint density at radius 2 is 1.65 bits per heavy atom. The predicted molar refractivity (Wildman–Crippen MR) is 102 cm³/mol. The van der Waals surface area contributed by atoms with E-state index in [9.17, 15) is 21.9 Å². The van der Waals surface area contributed by atoms with E-state index in [0.29, 0.717) is 5.56 Å². The largest absolute Gasteiger partial charge is 0.390 e. The lowest BCUT2D eigenvalue weighted by molar-refractivity contribution is 0.125. The van der Waals surface area contributed by atoms with E-state index in [2.05, 4.69) is 15.9 Å². The normalized spacial score (nSPS) is 22.6. The van der Waals surface area contributed by atoms with Crippen molar-refractivity contribution in [3.8, 4) is 0 Å². The van der Waals surface area contributed by atoms with Gasteiger partial charge in [0.15, 0.2) is 9.84 Å². The monoisotopic (exact) mass is 459 g/mol. The second-order valence-corrected chi connectivity index (χ2v) is 11.2. The predicted octanol–water partition coefficient (Wildman–Crippen LogP) is 1.80. The number of aliphatic hydroxyl groups is 1. The van der Waals surface area contributed by atoms with E-state index in [0.717, 1.165) is 8.78 Å². The second kappa shape index (κ2) is 7.40. The summed E-state index contributed by atoms with van der Waals surface area (Å²) in [5, 5.41) is 10.2. The zero-order valence-electron chi connectivity index (χ0n) is 13.7. The first kappa shape index (κ1) is 19.5. The molecule has 1 aliphatic heterocycles. The van der Waals surface area contributed by atoms with Crippen LogP contribution in [0, 0.1) is 0 Å². The number of halogens is 1. The number of nitrogens with zero attached hydrogens (tertiary/aromatic N) is 1. The molecule has 2 atom stereocenters. The molecule has 140 valence electrons. The van der Waals surface area contributed by atoms with E-state index in [1.165, 1.54) is 12.1 Å². The molecule has 0 spiro atoms. The molecule has 0 saturated carbocycles. The van der Waals surface area contributed by atoms with Gasteiger partial charge >= 0.3 is 0 Å². The molecule has 0 radical (unpaired) electrons. The van der Waals surface area contributed by atoms with Gasteiger partial charge in [0.05, 0.1) is 28.5 Å². The minimum Gasteiger partial charge on any atom is -0.390 e. The van der Waals surface area contributed by atoms with Crippen LogP contribution in [0.1, 0.15) is 5.56 Å². The smallest absolute Gasteiger partial charge is 0.243 e. The molecule has 3 rings (SSSR count). The van der Waals surface area contributed by atoms with Crippen molar-refractivity contribution in [2.45, 2.75) is 23.6 Å². The maximum absolute atomic E-state index is 13.2. The lowest BCUT2D eigenvalue weighted by Gasteiger charge is -2.29. The molecule has 0 aromatic heterocycles. The highest BCUT2D eigenvalue weighted by Crippen LogP contribution is 2.28. The van der Waals surface area contributed by atoms with Gasteiger partial charge in [-0.05, 0) is 29.8 Å². The standard InChI is InChI=1S/C17H18BrNO5S2/c18-14-6-8-15(9-7-14)26(23,24)19(10-13-4-2-1-3-5-13)16-11-25(21,22)12-17(16)20/h1-9,16-17,20H,10-12H2/t16-,17+/m1/s1. The molecule has 0 bridgehead atoms. The number of benzene rings is 2. The Kier molecular flexibility index (Phi) is 5.55. The Balaban J connectivity index is 2.04. The van der Waals surface area contributed by atoms with Crippen molar-refractivity contribution in [3.05, 3.63) is 64.6 Å². The fourth-order valence-corrected chi connectivity index (χ4v) is 6.77. The molecule has 0 amide bonds. The molecule has 0 aliphatic carbocycles. The van der Waals surface area contributed by atoms with E-state index in [-0.39, 0.29) is 11.4 Å². The molecule has 2 aromatic rings. The van der Waals surface area contributed by atoms with Crippen molar-refractivity contribution in [3.63, 3.8) is 0 Å². The molecule has 1 aliphatic rings. The molecule has 26 heavy (non-hydrogen) atoms. The summed E-state index contributed by atoms with van der Waals surface area (Å²) < 4.78 is 52.1. The minimum atomic E-state index is -3.99. The van der Waals surface area contributed by atoms with Gasteiger partial charge in [-0.3, -0.25) is 0 Å². The van der Waals surface area contributed by atoms with E-state index < -0.39 is 43.5 Å². The van der Waals surface area contributed by atoms with Crippen LogP contribution >= 0.6 is 15.9 Å². The zero-order valence-corrected chi connectivity index (χ0v) is 16.9. The van der Waals surface area contributed by atoms with Gasteiger partial charge in [-0.2, -0.15) is 4.31 Å². The third-order valence-corrected chi connectivity index (χ3v) is 8.38. The maximum Gasteiger partial charge on any atom is 0.243 e. The van der Waals surface area contributed by atoms with Gasteiger partial charge < -0.3 is 5.11 Å². The van der Waals surface area contributed by atoms with Crippen molar-refractivity contribution in [1.29, 1.82) is 0 Å². The molecule has 9 heteroatoms. The highest BCUT2D eigenvalue weighted by molar-refractivity contribution is 9.10. The van der Waals surface area contributed by atoms with E-state index in [1.54, 1.807) is 36.4 Å². The number of hydrogen-bond acceptors (Lipinski definition) is 5. The van der Waals surface area contributed by atoms with Gasteiger partial charge in [0.1, 0.15) is 0 Å². The number of rotatable bonds is 5. The van der Waals surface area contributed by atoms with Gasteiger partial charge in [-0.15, -0.1) is 0 Å². The summed E-state index contributed by atoms with van der Waals surface area (Å²) in [5.41, 5.74) is 0.713. The first-order valence-electron chi connectivity index (χ1n) is 7.89. The van der Waals surface area contributed by atoms with E-state index in [4.69, 9.17) is 0 Å². The molecular formula is C17H18BrNO5S2. The first-order chi connectivity index (χ1) is 12.2. The lowest BCUT2D eigenvalue weighted by atomic mass is 10.2. The third kappa shape index (κ3) is 4.17. The van der Waals surface area contributed by atoms with Gasteiger partial charge in [0.25, 0.3) is 0 Å². The number of sulfone groups is 1. The topological polar surface area (TPSA) is 91.8 Å². The average Bonchev–Trinajstić information content (AvgIpc) is 2.86. The summed E-state index contributed by atoms with van der Waals surface area (Å²) in [7, 11) is -7.49. The van der Waals surface area contributed by atoms with Crippen molar-refractivity contribution < 1.29 is 21.9 Å². The molecular weight excluding hydrogens is 442 g/mol. The summed E-state index contributed by atoms with van der Waals surface area (Å²) in [6.45, 7) is -0.0174.